The van der Waals surface area contributed by atoms with Crippen LogP contribution in [0, 0.1) is 15.9 Å². The fraction of sp³-hybridized carbons (Fsp3) is 0.316. The highest BCUT2D eigenvalue weighted by Gasteiger charge is 2.24. The van der Waals surface area contributed by atoms with Crippen molar-refractivity contribution in [2.45, 2.75) is 6.92 Å². The van der Waals surface area contributed by atoms with E-state index >= 15 is 0 Å². The number of halogens is 1. The van der Waals surface area contributed by atoms with Gasteiger partial charge in [-0.05, 0) is 31.2 Å². The van der Waals surface area contributed by atoms with E-state index in [9.17, 15) is 19.3 Å². The number of nitrogens with zero attached hydrogens (tertiary/aromatic N) is 3. The second-order valence-corrected chi connectivity index (χ2v) is 6.13. The minimum absolute atomic E-state index is 0.0690. The number of hydrogen-bond acceptors (Lipinski definition) is 5. The number of nitro benzene ring substituents is 1. The molecule has 0 radical (unpaired) electrons. The second-order valence-electron chi connectivity index (χ2n) is 6.13. The van der Waals surface area contributed by atoms with Crippen molar-refractivity contribution < 1.29 is 18.8 Å². The average molecular weight is 373 g/mol. The molecule has 0 saturated carbocycles. The molecule has 1 fully saturated rings. The smallest absolute Gasteiger partial charge is 0.311 e. The number of carbonyl (C=O) groups excluding carboxylic acids is 1. The topological polar surface area (TPSA) is 75.9 Å². The monoisotopic (exact) mass is 373 g/mol. The van der Waals surface area contributed by atoms with E-state index < -0.39 is 10.7 Å². The summed E-state index contributed by atoms with van der Waals surface area (Å²) in [4.78, 5) is 26.9. The highest BCUT2D eigenvalue weighted by Crippen LogP contribution is 2.32. The third-order valence-corrected chi connectivity index (χ3v) is 4.44. The van der Waals surface area contributed by atoms with Gasteiger partial charge in [0.05, 0.1) is 11.5 Å². The first-order chi connectivity index (χ1) is 13.0. The Morgan fingerprint density at radius 2 is 1.93 bits per heavy atom. The van der Waals surface area contributed by atoms with Crippen molar-refractivity contribution in [2.75, 3.05) is 37.7 Å². The first kappa shape index (κ1) is 18.6. The molecule has 27 heavy (non-hydrogen) atoms. The fourth-order valence-electron chi connectivity index (χ4n) is 3.09. The highest BCUT2D eigenvalue weighted by atomic mass is 19.1. The van der Waals surface area contributed by atoms with Crippen molar-refractivity contribution in [1.82, 2.24) is 4.90 Å². The molecular formula is C19H20FN3O4. The Kier molecular flexibility index (Phi) is 5.54. The Bertz CT molecular complexity index is 851. The van der Waals surface area contributed by atoms with Gasteiger partial charge < -0.3 is 14.5 Å². The van der Waals surface area contributed by atoms with Crippen LogP contribution in [0.4, 0.5) is 15.8 Å². The molecule has 8 heteroatoms. The van der Waals surface area contributed by atoms with Gasteiger partial charge in [0, 0.05) is 49.6 Å². The van der Waals surface area contributed by atoms with Crippen LogP contribution in [-0.4, -0.2) is 48.5 Å². The summed E-state index contributed by atoms with van der Waals surface area (Å²) in [6.45, 7) is 4.22. The summed E-state index contributed by atoms with van der Waals surface area (Å²) < 4.78 is 18.7. The number of rotatable bonds is 5. The van der Waals surface area contributed by atoms with E-state index in [2.05, 4.69) is 0 Å². The number of anilines is 1. The molecule has 0 aromatic heterocycles. The van der Waals surface area contributed by atoms with Crippen LogP contribution in [0.3, 0.4) is 0 Å². The fourth-order valence-corrected chi connectivity index (χ4v) is 3.09. The van der Waals surface area contributed by atoms with Crippen LogP contribution >= 0.6 is 0 Å². The number of benzene rings is 2. The molecule has 0 atom stereocenters. The van der Waals surface area contributed by atoms with Gasteiger partial charge in [-0.25, -0.2) is 4.39 Å². The Labute approximate surface area is 156 Å². The third kappa shape index (κ3) is 4.16. The van der Waals surface area contributed by atoms with Gasteiger partial charge in [-0.15, -0.1) is 0 Å². The molecule has 0 N–H and O–H groups in total. The predicted octanol–water partition coefficient (Wildman–Crippen LogP) is 3.10. The minimum atomic E-state index is -0.468. The van der Waals surface area contributed by atoms with Crippen molar-refractivity contribution in [2.24, 2.45) is 0 Å². The molecule has 0 bridgehead atoms. The molecule has 7 nitrogen and oxygen atoms in total. The standard InChI is InChI=1S/C19H20FN3O4/c1-2-27-18-13-16(6-7-17(18)23(25)26)21-8-10-22(11-9-21)19(24)14-4-3-5-15(20)12-14/h3-7,12-13H,2,8-11H2,1H3. The average Bonchev–Trinajstić information content (AvgIpc) is 2.67. The number of ether oxygens (including phenoxy) is 1. The number of amides is 1. The van der Waals surface area contributed by atoms with Crippen LogP contribution in [0.25, 0.3) is 0 Å². The summed E-state index contributed by atoms with van der Waals surface area (Å²) in [5.41, 5.74) is 1.07. The molecule has 1 aliphatic heterocycles. The zero-order valence-electron chi connectivity index (χ0n) is 14.9. The van der Waals surface area contributed by atoms with Gasteiger partial charge in [0.1, 0.15) is 5.82 Å². The lowest BCUT2D eigenvalue weighted by molar-refractivity contribution is -0.385. The van der Waals surface area contributed by atoms with E-state index in [0.29, 0.717) is 38.3 Å². The van der Waals surface area contributed by atoms with Crippen LogP contribution in [0.5, 0.6) is 5.75 Å². The summed E-state index contributed by atoms with van der Waals surface area (Å²) in [6, 6.07) is 10.4. The van der Waals surface area contributed by atoms with Crippen molar-refractivity contribution in [3.05, 3.63) is 64.0 Å². The molecule has 1 aliphatic rings. The van der Waals surface area contributed by atoms with Gasteiger partial charge in [0.25, 0.3) is 5.91 Å². The summed E-state index contributed by atoms with van der Waals surface area (Å²) in [6.07, 6.45) is 0. The first-order valence-electron chi connectivity index (χ1n) is 8.70. The molecule has 1 saturated heterocycles. The lowest BCUT2D eigenvalue weighted by Gasteiger charge is -2.36. The molecule has 1 heterocycles. The third-order valence-electron chi connectivity index (χ3n) is 4.44. The van der Waals surface area contributed by atoms with Crippen LogP contribution in [-0.2, 0) is 0 Å². The molecule has 2 aromatic rings. The number of piperazine rings is 1. The second kappa shape index (κ2) is 8.03. The minimum Gasteiger partial charge on any atom is -0.487 e. The summed E-state index contributed by atoms with van der Waals surface area (Å²) in [5, 5.41) is 11.1. The van der Waals surface area contributed by atoms with Crippen LogP contribution in [0.15, 0.2) is 42.5 Å². The molecule has 1 amide bonds. The molecule has 142 valence electrons. The van der Waals surface area contributed by atoms with Crippen LogP contribution in [0.1, 0.15) is 17.3 Å². The van der Waals surface area contributed by atoms with Crippen LogP contribution < -0.4 is 9.64 Å². The van der Waals surface area contributed by atoms with Gasteiger partial charge in [-0.3, -0.25) is 14.9 Å². The number of hydrogen-bond donors (Lipinski definition) is 0. The first-order valence-corrected chi connectivity index (χ1v) is 8.70. The van der Waals surface area contributed by atoms with Crippen molar-refractivity contribution in [3.8, 4) is 5.75 Å². The summed E-state index contributed by atoms with van der Waals surface area (Å²) in [7, 11) is 0. The van der Waals surface area contributed by atoms with Gasteiger partial charge >= 0.3 is 5.69 Å². The largest absolute Gasteiger partial charge is 0.487 e. The maximum absolute atomic E-state index is 13.3. The zero-order valence-corrected chi connectivity index (χ0v) is 14.9. The normalized spacial score (nSPS) is 14.1. The Morgan fingerprint density at radius 3 is 2.56 bits per heavy atom. The van der Waals surface area contributed by atoms with Crippen molar-refractivity contribution in [1.29, 1.82) is 0 Å². The number of nitro groups is 1. The lowest BCUT2D eigenvalue weighted by atomic mass is 10.1. The van der Waals surface area contributed by atoms with Crippen molar-refractivity contribution in [3.63, 3.8) is 0 Å². The predicted molar refractivity (Wildman–Crippen MR) is 98.8 cm³/mol. The summed E-state index contributed by atoms with van der Waals surface area (Å²) >= 11 is 0. The molecule has 0 aliphatic carbocycles. The Morgan fingerprint density at radius 1 is 1.19 bits per heavy atom. The quantitative estimate of drug-likeness (QED) is 0.595. The maximum atomic E-state index is 13.3. The van der Waals surface area contributed by atoms with Gasteiger partial charge in [-0.1, -0.05) is 6.07 Å². The summed E-state index contributed by atoms with van der Waals surface area (Å²) in [5.74, 6) is -0.403. The Balaban J connectivity index is 1.69. The van der Waals surface area contributed by atoms with E-state index in [-0.39, 0.29) is 17.3 Å². The van der Waals surface area contributed by atoms with E-state index in [1.807, 2.05) is 4.90 Å². The number of carbonyl (C=O) groups is 1. The molecule has 0 unspecified atom stereocenters. The van der Waals surface area contributed by atoms with Gasteiger partial charge in [-0.2, -0.15) is 0 Å². The van der Waals surface area contributed by atoms with E-state index in [1.54, 1.807) is 30.0 Å². The SMILES string of the molecule is CCOc1cc(N2CCN(C(=O)c3cccc(F)c3)CC2)ccc1[N+](=O)[O-]. The van der Waals surface area contributed by atoms with E-state index in [0.717, 1.165) is 5.69 Å². The van der Waals surface area contributed by atoms with Crippen LogP contribution in [0.2, 0.25) is 0 Å². The zero-order chi connectivity index (χ0) is 19.4. The molecular weight excluding hydrogens is 353 g/mol. The highest BCUT2D eigenvalue weighted by molar-refractivity contribution is 5.94. The molecule has 3 rings (SSSR count). The molecule has 0 spiro atoms. The van der Waals surface area contributed by atoms with Crippen molar-refractivity contribution >= 4 is 17.3 Å². The Hall–Kier alpha value is -3.16. The maximum Gasteiger partial charge on any atom is 0.311 e. The van der Waals surface area contributed by atoms with Gasteiger partial charge in [0.2, 0.25) is 0 Å². The van der Waals surface area contributed by atoms with E-state index in [1.165, 1.54) is 24.3 Å². The van der Waals surface area contributed by atoms with Gasteiger partial charge in [0.15, 0.2) is 5.75 Å². The lowest BCUT2D eigenvalue weighted by Crippen LogP contribution is -2.48. The molecule has 2 aromatic carbocycles. The van der Waals surface area contributed by atoms with E-state index in [4.69, 9.17) is 4.74 Å².